The molecule has 0 amide bonds. The van der Waals surface area contributed by atoms with Crippen molar-refractivity contribution in [1.29, 1.82) is 0 Å². The van der Waals surface area contributed by atoms with Crippen LogP contribution in [0.3, 0.4) is 0 Å². The van der Waals surface area contributed by atoms with Gasteiger partial charge in [-0.1, -0.05) is 30.3 Å². The van der Waals surface area contributed by atoms with Gasteiger partial charge in [0.2, 0.25) is 10.0 Å². The van der Waals surface area contributed by atoms with E-state index in [1.54, 1.807) is 10.9 Å². The van der Waals surface area contributed by atoms with Crippen molar-refractivity contribution in [1.82, 2.24) is 14.1 Å². The molecule has 7 nitrogen and oxygen atoms in total. The van der Waals surface area contributed by atoms with Gasteiger partial charge in [0.1, 0.15) is 0 Å². The molecule has 1 fully saturated rings. The maximum atomic E-state index is 12.5. The van der Waals surface area contributed by atoms with Crippen LogP contribution in [0, 0.1) is 0 Å². The average molecular weight is 349 g/mol. The van der Waals surface area contributed by atoms with Gasteiger partial charge in [0.05, 0.1) is 11.8 Å². The third-order valence-corrected chi connectivity index (χ3v) is 6.06. The van der Waals surface area contributed by atoms with Crippen molar-refractivity contribution in [3.05, 3.63) is 53.9 Å². The van der Waals surface area contributed by atoms with E-state index in [1.807, 2.05) is 30.3 Å². The molecule has 1 aliphatic heterocycles. The lowest BCUT2D eigenvalue weighted by Crippen LogP contribution is -2.39. The van der Waals surface area contributed by atoms with Crippen LogP contribution in [0.15, 0.2) is 42.6 Å². The SMILES string of the molecule is O=C(O)c1ccn(C2CCN(S(=O)(=O)Cc3ccccc3)CC2)n1. The van der Waals surface area contributed by atoms with Gasteiger partial charge in [-0.3, -0.25) is 4.68 Å². The van der Waals surface area contributed by atoms with E-state index >= 15 is 0 Å². The van der Waals surface area contributed by atoms with Gasteiger partial charge in [0, 0.05) is 19.3 Å². The molecule has 0 radical (unpaired) electrons. The van der Waals surface area contributed by atoms with Crippen LogP contribution in [-0.2, 0) is 15.8 Å². The molecule has 3 rings (SSSR count). The number of carboxylic acids is 1. The summed E-state index contributed by atoms with van der Waals surface area (Å²) >= 11 is 0. The Balaban J connectivity index is 1.62. The first kappa shape index (κ1) is 16.7. The van der Waals surface area contributed by atoms with Gasteiger partial charge in [-0.15, -0.1) is 0 Å². The number of piperidine rings is 1. The van der Waals surface area contributed by atoms with Gasteiger partial charge in [0.15, 0.2) is 5.69 Å². The maximum absolute atomic E-state index is 12.5. The summed E-state index contributed by atoms with van der Waals surface area (Å²) in [5, 5.41) is 13.0. The first-order chi connectivity index (χ1) is 11.5. The summed E-state index contributed by atoms with van der Waals surface area (Å²) in [4.78, 5) is 10.9. The summed E-state index contributed by atoms with van der Waals surface area (Å²) < 4.78 is 28.2. The van der Waals surface area contributed by atoms with E-state index in [1.165, 1.54) is 10.4 Å². The molecule has 1 N–H and O–H groups in total. The molecule has 24 heavy (non-hydrogen) atoms. The van der Waals surface area contributed by atoms with Gasteiger partial charge in [-0.05, 0) is 24.5 Å². The lowest BCUT2D eigenvalue weighted by molar-refractivity contribution is 0.0688. The van der Waals surface area contributed by atoms with E-state index in [0.29, 0.717) is 25.9 Å². The fourth-order valence-electron chi connectivity index (χ4n) is 2.92. The molecule has 0 aliphatic carbocycles. The molecule has 2 aromatic rings. The molecule has 8 heteroatoms. The van der Waals surface area contributed by atoms with Crippen molar-refractivity contribution in [3.8, 4) is 0 Å². The number of benzene rings is 1. The number of aromatic carboxylic acids is 1. The van der Waals surface area contributed by atoms with E-state index in [2.05, 4.69) is 5.10 Å². The summed E-state index contributed by atoms with van der Waals surface area (Å²) in [5.41, 5.74) is 0.784. The zero-order valence-corrected chi connectivity index (χ0v) is 13.9. The Morgan fingerprint density at radius 2 is 1.83 bits per heavy atom. The van der Waals surface area contributed by atoms with Gasteiger partial charge in [-0.2, -0.15) is 5.10 Å². The van der Waals surface area contributed by atoms with E-state index < -0.39 is 16.0 Å². The van der Waals surface area contributed by atoms with Crippen LogP contribution in [-0.4, -0.2) is 46.7 Å². The van der Waals surface area contributed by atoms with E-state index in [0.717, 1.165) is 5.56 Å². The first-order valence-corrected chi connectivity index (χ1v) is 9.37. The molecule has 128 valence electrons. The van der Waals surface area contributed by atoms with Crippen molar-refractivity contribution in [2.75, 3.05) is 13.1 Å². The molecule has 0 saturated carbocycles. The Morgan fingerprint density at radius 1 is 1.17 bits per heavy atom. The second-order valence-corrected chi connectivity index (χ2v) is 7.83. The molecular formula is C16H19N3O4S. The topological polar surface area (TPSA) is 92.5 Å². The van der Waals surface area contributed by atoms with Gasteiger partial charge in [0.25, 0.3) is 0 Å². The number of hydrogen-bond acceptors (Lipinski definition) is 4. The minimum Gasteiger partial charge on any atom is -0.476 e. The molecule has 1 aromatic heterocycles. The standard InChI is InChI=1S/C16H19N3O4S/c20-16(21)15-8-11-19(17-15)14-6-9-18(10-7-14)24(22,23)12-13-4-2-1-3-5-13/h1-5,8,11,14H,6-7,9-10,12H2,(H,20,21). The van der Waals surface area contributed by atoms with E-state index in [9.17, 15) is 13.2 Å². The number of nitrogens with zero attached hydrogens (tertiary/aromatic N) is 3. The van der Waals surface area contributed by atoms with Crippen LogP contribution >= 0.6 is 0 Å². The summed E-state index contributed by atoms with van der Waals surface area (Å²) in [6, 6.07) is 10.6. The summed E-state index contributed by atoms with van der Waals surface area (Å²) in [5.74, 6) is -1.06. The highest BCUT2D eigenvalue weighted by atomic mass is 32.2. The molecule has 0 atom stereocenters. The zero-order chi connectivity index (χ0) is 17.2. The summed E-state index contributed by atoms with van der Waals surface area (Å²) in [6.45, 7) is 0.837. The van der Waals surface area contributed by atoms with E-state index in [4.69, 9.17) is 5.11 Å². The molecule has 2 heterocycles. The Morgan fingerprint density at radius 3 is 2.42 bits per heavy atom. The lowest BCUT2D eigenvalue weighted by atomic mass is 10.1. The Bertz CT molecular complexity index is 809. The molecule has 0 unspecified atom stereocenters. The van der Waals surface area contributed by atoms with Gasteiger partial charge in [-0.25, -0.2) is 17.5 Å². The molecule has 0 bridgehead atoms. The number of aromatic nitrogens is 2. The normalized spacial score (nSPS) is 17.0. The number of carbonyl (C=O) groups is 1. The van der Waals surface area contributed by atoms with Crippen LogP contribution in [0.4, 0.5) is 0 Å². The average Bonchev–Trinajstić information content (AvgIpc) is 3.06. The second-order valence-electron chi connectivity index (χ2n) is 5.86. The van der Waals surface area contributed by atoms with Crippen molar-refractivity contribution >= 4 is 16.0 Å². The minimum absolute atomic E-state index is 0.00341. The fraction of sp³-hybridized carbons (Fsp3) is 0.375. The third-order valence-electron chi connectivity index (χ3n) is 4.21. The predicted molar refractivity (Wildman–Crippen MR) is 88.1 cm³/mol. The van der Waals surface area contributed by atoms with Crippen LogP contribution in [0.2, 0.25) is 0 Å². The number of hydrogen-bond donors (Lipinski definition) is 1. The van der Waals surface area contributed by atoms with Crippen LogP contribution in [0.25, 0.3) is 0 Å². The highest BCUT2D eigenvalue weighted by molar-refractivity contribution is 7.88. The molecule has 1 aromatic carbocycles. The van der Waals surface area contributed by atoms with E-state index in [-0.39, 0.29) is 17.5 Å². The second kappa shape index (κ2) is 6.74. The Hall–Kier alpha value is -2.19. The van der Waals surface area contributed by atoms with Crippen molar-refractivity contribution in [3.63, 3.8) is 0 Å². The highest BCUT2D eigenvalue weighted by Gasteiger charge is 2.29. The summed E-state index contributed by atoms with van der Waals surface area (Å²) in [6.07, 6.45) is 2.88. The van der Waals surface area contributed by atoms with Crippen molar-refractivity contribution < 1.29 is 18.3 Å². The largest absolute Gasteiger partial charge is 0.476 e. The van der Waals surface area contributed by atoms with Crippen LogP contribution in [0.5, 0.6) is 0 Å². The van der Waals surface area contributed by atoms with Crippen molar-refractivity contribution in [2.24, 2.45) is 0 Å². The highest BCUT2D eigenvalue weighted by Crippen LogP contribution is 2.25. The fourth-order valence-corrected chi connectivity index (χ4v) is 4.48. The van der Waals surface area contributed by atoms with Gasteiger partial charge >= 0.3 is 5.97 Å². The molecular weight excluding hydrogens is 330 g/mol. The number of sulfonamides is 1. The van der Waals surface area contributed by atoms with Crippen molar-refractivity contribution in [2.45, 2.75) is 24.6 Å². The maximum Gasteiger partial charge on any atom is 0.356 e. The Kier molecular flexibility index (Phi) is 4.68. The minimum atomic E-state index is -3.34. The monoisotopic (exact) mass is 349 g/mol. The van der Waals surface area contributed by atoms with Crippen LogP contribution in [0.1, 0.15) is 34.9 Å². The Labute approximate surface area is 140 Å². The predicted octanol–water partition coefficient (Wildman–Crippen LogP) is 1.75. The molecule has 1 aliphatic rings. The zero-order valence-electron chi connectivity index (χ0n) is 13.1. The quantitative estimate of drug-likeness (QED) is 0.888. The van der Waals surface area contributed by atoms with Gasteiger partial charge < -0.3 is 5.11 Å². The third kappa shape index (κ3) is 3.65. The number of carboxylic acid groups (broad SMARTS) is 1. The smallest absolute Gasteiger partial charge is 0.356 e. The first-order valence-electron chi connectivity index (χ1n) is 7.76. The lowest BCUT2D eigenvalue weighted by Gasteiger charge is -2.31. The van der Waals surface area contributed by atoms with Crippen LogP contribution < -0.4 is 0 Å². The molecule has 1 saturated heterocycles. The summed E-state index contributed by atoms with van der Waals surface area (Å²) in [7, 11) is -3.34. The molecule has 0 spiro atoms. The number of rotatable bonds is 5.